The van der Waals surface area contributed by atoms with Gasteiger partial charge in [-0.15, -0.1) is 11.6 Å². The fourth-order valence-electron chi connectivity index (χ4n) is 1.47. The number of rotatable bonds is 2. The van der Waals surface area contributed by atoms with Crippen molar-refractivity contribution < 1.29 is 15.0 Å². The molecular formula is C7H11ClO3. The summed E-state index contributed by atoms with van der Waals surface area (Å²) in [6.07, 6.45) is 1.80. The minimum Gasteiger partial charge on any atom is -0.481 e. The van der Waals surface area contributed by atoms with Crippen molar-refractivity contribution in [1.29, 1.82) is 0 Å². The summed E-state index contributed by atoms with van der Waals surface area (Å²) in [5.41, 5.74) is -1.16. The van der Waals surface area contributed by atoms with Crippen molar-refractivity contribution >= 4 is 17.6 Å². The molecule has 2 unspecified atom stereocenters. The molecule has 0 aromatic carbocycles. The Morgan fingerprint density at radius 3 is 2.73 bits per heavy atom. The molecule has 0 amide bonds. The van der Waals surface area contributed by atoms with Gasteiger partial charge in [0.05, 0.1) is 17.4 Å². The van der Waals surface area contributed by atoms with Gasteiger partial charge in [-0.1, -0.05) is 0 Å². The molecule has 0 heterocycles. The first-order valence-electron chi connectivity index (χ1n) is 3.63. The first kappa shape index (κ1) is 8.81. The zero-order valence-electron chi connectivity index (χ0n) is 6.09. The molecule has 1 fully saturated rings. The van der Waals surface area contributed by atoms with E-state index in [1.165, 1.54) is 0 Å². The monoisotopic (exact) mass is 178 g/mol. The molecule has 3 nitrogen and oxygen atoms in total. The van der Waals surface area contributed by atoms with Crippen LogP contribution in [0.25, 0.3) is 0 Å². The summed E-state index contributed by atoms with van der Waals surface area (Å²) in [4.78, 5) is 10.3. The molecular weight excluding hydrogens is 168 g/mol. The number of carboxylic acid groups (broad SMARTS) is 1. The van der Waals surface area contributed by atoms with Gasteiger partial charge in [0.25, 0.3) is 0 Å². The van der Waals surface area contributed by atoms with Gasteiger partial charge in [0, 0.05) is 0 Å². The van der Waals surface area contributed by atoms with E-state index >= 15 is 0 Å². The second-order valence-corrected chi connectivity index (χ2v) is 3.56. The van der Waals surface area contributed by atoms with Crippen molar-refractivity contribution in [2.24, 2.45) is 0 Å². The summed E-state index contributed by atoms with van der Waals surface area (Å²) in [6.45, 7) is 0. The molecule has 0 radical (unpaired) electrons. The summed E-state index contributed by atoms with van der Waals surface area (Å²) >= 11 is 5.75. The zero-order chi connectivity index (χ0) is 8.48. The fourth-order valence-corrected chi connectivity index (χ4v) is 1.81. The summed E-state index contributed by atoms with van der Waals surface area (Å²) in [6, 6.07) is 0. The highest BCUT2D eigenvalue weighted by atomic mass is 35.5. The maximum atomic E-state index is 10.3. The van der Waals surface area contributed by atoms with Gasteiger partial charge in [0.1, 0.15) is 0 Å². The number of halogens is 1. The van der Waals surface area contributed by atoms with E-state index in [2.05, 4.69) is 0 Å². The van der Waals surface area contributed by atoms with E-state index in [0.717, 1.165) is 6.42 Å². The van der Waals surface area contributed by atoms with Crippen LogP contribution in [-0.2, 0) is 4.79 Å². The van der Waals surface area contributed by atoms with E-state index in [1.54, 1.807) is 0 Å². The van der Waals surface area contributed by atoms with Crippen molar-refractivity contribution in [3.63, 3.8) is 0 Å². The van der Waals surface area contributed by atoms with Gasteiger partial charge in [0.2, 0.25) is 0 Å². The normalized spacial score (nSPS) is 37.5. The lowest BCUT2D eigenvalue weighted by Crippen LogP contribution is -2.36. The predicted octanol–water partition coefficient (Wildman–Crippen LogP) is 0.984. The predicted molar refractivity (Wildman–Crippen MR) is 40.7 cm³/mol. The van der Waals surface area contributed by atoms with Gasteiger partial charge >= 0.3 is 5.97 Å². The number of hydrogen-bond acceptors (Lipinski definition) is 2. The van der Waals surface area contributed by atoms with E-state index in [1.807, 2.05) is 0 Å². The third-order valence-electron chi connectivity index (χ3n) is 2.11. The van der Waals surface area contributed by atoms with Gasteiger partial charge in [-0.05, 0) is 19.3 Å². The quantitative estimate of drug-likeness (QED) is 0.620. The number of alkyl halides is 1. The standard InChI is InChI=1S/C7H11ClO3/c8-5-2-1-3-7(5,11)4-6(9)10/h5,11H,1-4H2,(H,9,10). The average Bonchev–Trinajstić information content (AvgIpc) is 2.11. The highest BCUT2D eigenvalue weighted by Crippen LogP contribution is 2.36. The van der Waals surface area contributed by atoms with E-state index in [9.17, 15) is 9.90 Å². The van der Waals surface area contributed by atoms with Crippen LogP contribution in [0.3, 0.4) is 0 Å². The largest absolute Gasteiger partial charge is 0.481 e. The first-order valence-corrected chi connectivity index (χ1v) is 4.06. The molecule has 2 N–H and O–H groups in total. The fraction of sp³-hybridized carbons (Fsp3) is 0.857. The van der Waals surface area contributed by atoms with Crippen molar-refractivity contribution in [3.05, 3.63) is 0 Å². The highest BCUT2D eigenvalue weighted by Gasteiger charge is 2.41. The van der Waals surface area contributed by atoms with Crippen LogP contribution in [0.1, 0.15) is 25.7 Å². The van der Waals surface area contributed by atoms with Gasteiger partial charge in [-0.25, -0.2) is 0 Å². The van der Waals surface area contributed by atoms with Crippen LogP contribution in [0.5, 0.6) is 0 Å². The first-order chi connectivity index (χ1) is 5.04. The molecule has 0 aliphatic heterocycles. The van der Waals surface area contributed by atoms with E-state index < -0.39 is 16.9 Å². The Morgan fingerprint density at radius 2 is 2.36 bits per heavy atom. The SMILES string of the molecule is O=C(O)CC1(O)CCCC1Cl. The smallest absolute Gasteiger partial charge is 0.306 e. The van der Waals surface area contributed by atoms with E-state index in [-0.39, 0.29) is 6.42 Å². The molecule has 64 valence electrons. The van der Waals surface area contributed by atoms with Gasteiger partial charge in [-0.2, -0.15) is 0 Å². The lowest BCUT2D eigenvalue weighted by Gasteiger charge is -2.23. The van der Waals surface area contributed by atoms with Crippen LogP contribution in [-0.4, -0.2) is 27.2 Å². The van der Waals surface area contributed by atoms with Gasteiger partial charge in [-0.3, -0.25) is 4.79 Å². The summed E-state index contributed by atoms with van der Waals surface area (Å²) in [7, 11) is 0. The number of carbonyl (C=O) groups is 1. The molecule has 0 saturated heterocycles. The molecule has 1 aliphatic carbocycles. The van der Waals surface area contributed by atoms with Crippen LogP contribution < -0.4 is 0 Å². The number of hydrogen-bond donors (Lipinski definition) is 2. The number of aliphatic carboxylic acids is 1. The third-order valence-corrected chi connectivity index (χ3v) is 2.73. The summed E-state index contributed by atoms with van der Waals surface area (Å²) < 4.78 is 0. The summed E-state index contributed by atoms with van der Waals surface area (Å²) in [5, 5.41) is 17.7. The van der Waals surface area contributed by atoms with E-state index in [0.29, 0.717) is 12.8 Å². The zero-order valence-corrected chi connectivity index (χ0v) is 6.84. The molecule has 4 heteroatoms. The van der Waals surface area contributed by atoms with Gasteiger partial charge in [0.15, 0.2) is 0 Å². The van der Waals surface area contributed by atoms with Crippen LogP contribution in [0.15, 0.2) is 0 Å². The molecule has 0 spiro atoms. The Labute approximate surface area is 70.0 Å². The second kappa shape index (κ2) is 2.99. The minimum atomic E-state index is -1.16. The van der Waals surface area contributed by atoms with Crippen LogP contribution in [0, 0.1) is 0 Å². The molecule has 0 bridgehead atoms. The molecule has 1 rings (SSSR count). The topological polar surface area (TPSA) is 57.5 Å². The lowest BCUT2D eigenvalue weighted by molar-refractivity contribution is -0.142. The maximum Gasteiger partial charge on any atom is 0.306 e. The third kappa shape index (κ3) is 1.84. The van der Waals surface area contributed by atoms with Crippen molar-refractivity contribution in [2.45, 2.75) is 36.7 Å². The Morgan fingerprint density at radius 1 is 1.73 bits per heavy atom. The lowest BCUT2D eigenvalue weighted by atomic mass is 9.98. The van der Waals surface area contributed by atoms with Crippen molar-refractivity contribution in [1.82, 2.24) is 0 Å². The second-order valence-electron chi connectivity index (χ2n) is 3.03. The Kier molecular flexibility index (Phi) is 2.40. The van der Waals surface area contributed by atoms with Crippen LogP contribution in [0.2, 0.25) is 0 Å². The Balaban J connectivity index is 2.58. The summed E-state index contributed by atoms with van der Waals surface area (Å²) in [5.74, 6) is -0.986. The van der Waals surface area contributed by atoms with E-state index in [4.69, 9.17) is 16.7 Å². The molecule has 11 heavy (non-hydrogen) atoms. The Bertz CT molecular complexity index is 171. The number of carboxylic acids is 1. The average molecular weight is 179 g/mol. The van der Waals surface area contributed by atoms with Gasteiger partial charge < -0.3 is 10.2 Å². The van der Waals surface area contributed by atoms with Crippen molar-refractivity contribution in [3.8, 4) is 0 Å². The van der Waals surface area contributed by atoms with Crippen molar-refractivity contribution in [2.75, 3.05) is 0 Å². The molecule has 1 aliphatic rings. The molecule has 0 aromatic heterocycles. The highest BCUT2D eigenvalue weighted by molar-refractivity contribution is 6.21. The van der Waals surface area contributed by atoms with Crippen LogP contribution >= 0.6 is 11.6 Å². The van der Waals surface area contributed by atoms with Crippen LogP contribution in [0.4, 0.5) is 0 Å². The Hall–Kier alpha value is -0.280. The molecule has 0 aromatic rings. The molecule has 2 atom stereocenters. The molecule has 1 saturated carbocycles. The maximum absolute atomic E-state index is 10.3. The number of aliphatic hydroxyl groups is 1. The minimum absolute atomic E-state index is 0.235.